The number of nitrogens with two attached hydrogens (primary N) is 1. The second-order valence-corrected chi connectivity index (χ2v) is 5.86. The van der Waals surface area contributed by atoms with Crippen molar-refractivity contribution in [2.45, 2.75) is 25.4 Å². The molecule has 5 nitrogen and oxygen atoms in total. The van der Waals surface area contributed by atoms with Gasteiger partial charge in [0.25, 0.3) is 0 Å². The summed E-state index contributed by atoms with van der Waals surface area (Å²) < 4.78 is 16.7. The van der Waals surface area contributed by atoms with Crippen LogP contribution in [0.15, 0.2) is 6.07 Å². The van der Waals surface area contributed by atoms with E-state index in [9.17, 15) is 0 Å². The molecule has 0 aliphatic carbocycles. The first kappa shape index (κ1) is 14.5. The molecule has 21 heavy (non-hydrogen) atoms. The van der Waals surface area contributed by atoms with Gasteiger partial charge in [0.15, 0.2) is 17.5 Å². The second-order valence-electron chi connectivity index (χ2n) is 5.86. The standard InChI is InChI=1S/C16H24N2O3/c1-19-14-8-11-12(15(20-2)16(14)21-3)9-17-10-13(11)18-6-4-5-7-18/h8,13,17H,4-7,9-10H2,1-3H3/p+2/t13-/m0/s1. The summed E-state index contributed by atoms with van der Waals surface area (Å²) in [7, 11) is 5.07. The van der Waals surface area contributed by atoms with Gasteiger partial charge in [-0.15, -0.1) is 0 Å². The minimum atomic E-state index is 0.532. The van der Waals surface area contributed by atoms with E-state index < -0.39 is 0 Å². The van der Waals surface area contributed by atoms with E-state index >= 15 is 0 Å². The van der Waals surface area contributed by atoms with Crippen LogP contribution in [0.4, 0.5) is 0 Å². The van der Waals surface area contributed by atoms with Gasteiger partial charge in [-0.1, -0.05) is 0 Å². The van der Waals surface area contributed by atoms with Gasteiger partial charge in [-0.05, 0) is 6.07 Å². The van der Waals surface area contributed by atoms with Crippen LogP contribution in [-0.4, -0.2) is 41.0 Å². The molecule has 1 atom stereocenters. The smallest absolute Gasteiger partial charge is 0.203 e. The van der Waals surface area contributed by atoms with Crippen molar-refractivity contribution in [2.24, 2.45) is 0 Å². The van der Waals surface area contributed by atoms with Gasteiger partial charge in [-0.25, -0.2) is 0 Å². The number of hydrogen-bond donors (Lipinski definition) is 2. The minimum Gasteiger partial charge on any atom is -0.493 e. The highest BCUT2D eigenvalue weighted by molar-refractivity contribution is 5.59. The van der Waals surface area contributed by atoms with Crippen LogP contribution in [0.5, 0.6) is 17.2 Å². The largest absolute Gasteiger partial charge is 0.493 e. The van der Waals surface area contributed by atoms with Crippen LogP contribution >= 0.6 is 0 Å². The van der Waals surface area contributed by atoms with Crippen molar-refractivity contribution in [3.8, 4) is 17.2 Å². The van der Waals surface area contributed by atoms with Gasteiger partial charge in [0.2, 0.25) is 5.75 Å². The van der Waals surface area contributed by atoms with Gasteiger partial charge in [0.1, 0.15) is 13.1 Å². The molecule has 116 valence electrons. The molecular formula is C16H26N2O3+2. The third-order valence-corrected chi connectivity index (χ3v) is 4.83. The molecule has 2 aliphatic heterocycles. The number of rotatable bonds is 4. The van der Waals surface area contributed by atoms with Crippen molar-refractivity contribution in [3.05, 3.63) is 17.2 Å². The summed E-state index contributed by atoms with van der Waals surface area (Å²) in [6, 6.07) is 2.70. The summed E-state index contributed by atoms with van der Waals surface area (Å²) in [6.07, 6.45) is 2.68. The maximum Gasteiger partial charge on any atom is 0.203 e. The Kier molecular flexibility index (Phi) is 4.22. The van der Waals surface area contributed by atoms with Crippen molar-refractivity contribution < 1.29 is 24.4 Å². The van der Waals surface area contributed by atoms with E-state index in [-0.39, 0.29) is 0 Å². The zero-order valence-corrected chi connectivity index (χ0v) is 13.2. The lowest BCUT2D eigenvalue weighted by Crippen LogP contribution is -3.13. The highest BCUT2D eigenvalue weighted by atomic mass is 16.5. The number of methoxy groups -OCH3 is 3. The van der Waals surface area contributed by atoms with Gasteiger partial charge >= 0.3 is 0 Å². The van der Waals surface area contributed by atoms with Gasteiger partial charge in [-0.3, -0.25) is 0 Å². The number of ether oxygens (including phenoxy) is 3. The summed E-state index contributed by atoms with van der Waals surface area (Å²) in [6.45, 7) is 4.63. The van der Waals surface area contributed by atoms with E-state index in [1.165, 1.54) is 37.1 Å². The monoisotopic (exact) mass is 294 g/mol. The Labute approximate surface area is 126 Å². The summed E-state index contributed by atoms with van der Waals surface area (Å²) in [5.41, 5.74) is 2.65. The van der Waals surface area contributed by atoms with Crippen LogP contribution in [0.2, 0.25) is 0 Å². The van der Waals surface area contributed by atoms with E-state index in [0.29, 0.717) is 11.8 Å². The fourth-order valence-corrected chi connectivity index (χ4v) is 3.84. The predicted molar refractivity (Wildman–Crippen MR) is 79.3 cm³/mol. The number of benzene rings is 1. The first-order valence-electron chi connectivity index (χ1n) is 7.78. The fourth-order valence-electron chi connectivity index (χ4n) is 3.84. The number of nitrogens with one attached hydrogen (secondary N) is 1. The number of fused-ring (bicyclic) bond motifs is 1. The van der Waals surface area contributed by atoms with E-state index in [2.05, 4.69) is 11.4 Å². The van der Waals surface area contributed by atoms with Crippen molar-refractivity contribution in [3.63, 3.8) is 0 Å². The molecule has 1 aromatic carbocycles. The molecule has 3 N–H and O–H groups in total. The Morgan fingerprint density at radius 2 is 1.76 bits per heavy atom. The van der Waals surface area contributed by atoms with Crippen LogP contribution < -0.4 is 24.4 Å². The molecule has 1 fully saturated rings. The maximum absolute atomic E-state index is 5.65. The highest BCUT2D eigenvalue weighted by Gasteiger charge is 2.37. The molecule has 0 aromatic heterocycles. The third-order valence-electron chi connectivity index (χ3n) is 4.83. The van der Waals surface area contributed by atoms with E-state index in [1.54, 1.807) is 26.2 Å². The Balaban J connectivity index is 2.09. The SMILES string of the molecule is COc1cc2c(c(OC)c1OC)C[NH2+]C[C@@H]2[NH+]1CCCC1. The Morgan fingerprint density at radius 1 is 1.05 bits per heavy atom. The third kappa shape index (κ3) is 2.45. The van der Waals surface area contributed by atoms with Gasteiger partial charge in [0, 0.05) is 18.4 Å². The molecular weight excluding hydrogens is 268 g/mol. The van der Waals surface area contributed by atoms with Crippen molar-refractivity contribution in [1.29, 1.82) is 0 Å². The van der Waals surface area contributed by atoms with Gasteiger partial charge in [0.05, 0.1) is 40.0 Å². The van der Waals surface area contributed by atoms with Crippen LogP contribution in [0.1, 0.15) is 30.0 Å². The molecule has 0 saturated carbocycles. The van der Waals surface area contributed by atoms with E-state index in [4.69, 9.17) is 14.2 Å². The Morgan fingerprint density at radius 3 is 2.38 bits per heavy atom. The first-order valence-corrected chi connectivity index (χ1v) is 7.78. The van der Waals surface area contributed by atoms with E-state index in [1.807, 2.05) is 0 Å². The van der Waals surface area contributed by atoms with Crippen molar-refractivity contribution >= 4 is 0 Å². The molecule has 2 heterocycles. The van der Waals surface area contributed by atoms with E-state index in [0.717, 1.165) is 24.6 Å². The van der Waals surface area contributed by atoms with Crippen LogP contribution in [0, 0.1) is 0 Å². The number of likely N-dealkylation sites (tertiary alicyclic amines) is 1. The summed E-state index contributed by atoms with van der Waals surface area (Å²) in [5, 5.41) is 2.38. The zero-order chi connectivity index (χ0) is 14.8. The molecule has 1 aromatic rings. The molecule has 0 bridgehead atoms. The minimum absolute atomic E-state index is 0.532. The Hall–Kier alpha value is -1.46. The average molecular weight is 294 g/mol. The van der Waals surface area contributed by atoms with Crippen molar-refractivity contribution in [1.82, 2.24) is 0 Å². The maximum atomic E-state index is 5.65. The quantitative estimate of drug-likeness (QED) is 0.788. The zero-order valence-electron chi connectivity index (χ0n) is 13.2. The lowest BCUT2D eigenvalue weighted by atomic mass is 9.93. The molecule has 5 heteroatoms. The predicted octanol–water partition coefficient (Wildman–Crippen LogP) is -0.491. The molecule has 0 spiro atoms. The van der Waals surface area contributed by atoms with Crippen LogP contribution in [0.3, 0.4) is 0 Å². The summed E-state index contributed by atoms with van der Waals surface area (Å²) in [4.78, 5) is 1.70. The average Bonchev–Trinajstić information content (AvgIpc) is 3.06. The lowest BCUT2D eigenvalue weighted by Gasteiger charge is -2.30. The van der Waals surface area contributed by atoms with Gasteiger partial charge in [-0.2, -0.15) is 0 Å². The summed E-state index contributed by atoms with van der Waals surface area (Å²) >= 11 is 0. The molecule has 0 unspecified atom stereocenters. The Bertz CT molecular complexity index is 513. The van der Waals surface area contributed by atoms with Crippen molar-refractivity contribution in [2.75, 3.05) is 41.0 Å². The first-order chi connectivity index (χ1) is 10.3. The normalized spacial score (nSPS) is 22.0. The number of hydrogen-bond acceptors (Lipinski definition) is 3. The van der Waals surface area contributed by atoms with Gasteiger partial charge < -0.3 is 24.4 Å². The number of quaternary nitrogens is 2. The fraction of sp³-hybridized carbons (Fsp3) is 0.625. The topological polar surface area (TPSA) is 48.7 Å². The highest BCUT2D eigenvalue weighted by Crippen LogP contribution is 2.43. The second kappa shape index (κ2) is 6.12. The summed E-state index contributed by atoms with van der Waals surface area (Å²) in [5.74, 6) is 2.33. The lowest BCUT2D eigenvalue weighted by molar-refractivity contribution is -0.937. The van der Waals surface area contributed by atoms with Crippen LogP contribution in [-0.2, 0) is 6.54 Å². The molecule has 1 saturated heterocycles. The molecule has 3 rings (SSSR count). The molecule has 2 aliphatic rings. The molecule has 0 amide bonds. The molecule has 0 radical (unpaired) electrons. The van der Waals surface area contributed by atoms with Crippen LogP contribution in [0.25, 0.3) is 0 Å².